The molecule has 1 unspecified atom stereocenters. The molecule has 1 aromatic heterocycles. The molecule has 7 heteroatoms. The molecular formula is C17H20ClF2N3O. The Morgan fingerprint density at radius 2 is 2.17 bits per heavy atom. The molecule has 3 N–H and O–H groups in total. The molecule has 1 amide bonds. The van der Waals surface area contributed by atoms with Gasteiger partial charge in [0.05, 0.1) is 19.1 Å². The number of fused-ring (bicyclic) bond motifs is 1. The Morgan fingerprint density at radius 1 is 1.42 bits per heavy atom. The lowest BCUT2D eigenvalue weighted by molar-refractivity contribution is -0.123. The van der Waals surface area contributed by atoms with Gasteiger partial charge in [-0.2, -0.15) is 0 Å². The number of nitrogens with one attached hydrogen (secondary N) is 3. The molecule has 3 rings (SSSR count). The van der Waals surface area contributed by atoms with Gasteiger partial charge in [0.2, 0.25) is 5.91 Å². The van der Waals surface area contributed by atoms with Gasteiger partial charge < -0.3 is 10.3 Å². The number of halogens is 3. The Morgan fingerprint density at radius 3 is 2.79 bits per heavy atom. The van der Waals surface area contributed by atoms with Crippen LogP contribution >= 0.6 is 11.6 Å². The fraction of sp³-hybridized carbons (Fsp3) is 0.471. The van der Waals surface area contributed by atoms with Crippen LogP contribution in [0.1, 0.15) is 37.4 Å². The van der Waals surface area contributed by atoms with Crippen molar-refractivity contribution >= 4 is 28.4 Å². The van der Waals surface area contributed by atoms with Gasteiger partial charge in [0, 0.05) is 28.0 Å². The maximum atomic E-state index is 13.1. The third kappa shape index (κ3) is 3.54. The van der Waals surface area contributed by atoms with Crippen LogP contribution in [-0.4, -0.2) is 29.4 Å². The lowest BCUT2D eigenvalue weighted by Crippen LogP contribution is -2.40. The summed E-state index contributed by atoms with van der Waals surface area (Å²) in [6.07, 6.45) is -0.459. The standard InChI is InChI=1S/C17H20ClF2N3O/c1-9(2)12-5-14-10(4-13(12)18)3-11(23-14)7-21-16(24)15-6-17(19,20)8-22-15/h3-5,9,15,22-23H,6-8H2,1-2H3,(H,21,24). The number of hydrogen-bond acceptors (Lipinski definition) is 2. The van der Waals surface area contributed by atoms with Crippen LogP contribution < -0.4 is 10.6 Å². The number of alkyl halides is 2. The Bertz CT molecular complexity index is 773. The normalized spacial score (nSPS) is 20.0. The van der Waals surface area contributed by atoms with Crippen LogP contribution in [0, 0.1) is 0 Å². The Kier molecular flexibility index (Phi) is 4.53. The zero-order valence-electron chi connectivity index (χ0n) is 13.6. The van der Waals surface area contributed by atoms with E-state index in [1.54, 1.807) is 0 Å². The second kappa shape index (κ2) is 6.33. The minimum absolute atomic E-state index is 0.256. The van der Waals surface area contributed by atoms with Crippen molar-refractivity contribution in [3.05, 3.63) is 34.5 Å². The number of carbonyl (C=O) groups is 1. The number of amides is 1. The average Bonchev–Trinajstić information content (AvgIpc) is 3.05. The van der Waals surface area contributed by atoms with Crippen molar-refractivity contribution in [1.82, 2.24) is 15.6 Å². The van der Waals surface area contributed by atoms with Crippen molar-refractivity contribution in [1.29, 1.82) is 0 Å². The van der Waals surface area contributed by atoms with Crippen molar-refractivity contribution in [3.63, 3.8) is 0 Å². The maximum Gasteiger partial charge on any atom is 0.262 e. The highest BCUT2D eigenvalue weighted by atomic mass is 35.5. The lowest BCUT2D eigenvalue weighted by Gasteiger charge is -2.10. The second-order valence-corrected chi connectivity index (χ2v) is 7.03. The van der Waals surface area contributed by atoms with E-state index in [0.717, 1.165) is 22.2 Å². The minimum atomic E-state index is -2.81. The molecule has 1 atom stereocenters. The number of carbonyl (C=O) groups excluding carboxylic acids is 1. The smallest absolute Gasteiger partial charge is 0.262 e. The van der Waals surface area contributed by atoms with E-state index in [9.17, 15) is 13.6 Å². The Balaban J connectivity index is 1.68. The molecule has 1 fully saturated rings. The summed E-state index contributed by atoms with van der Waals surface area (Å²) in [5.74, 6) is -2.91. The molecule has 1 aliphatic heterocycles. The number of hydrogen-bond donors (Lipinski definition) is 3. The average molecular weight is 356 g/mol. The number of benzene rings is 1. The first kappa shape index (κ1) is 17.2. The number of aromatic amines is 1. The third-order valence-electron chi connectivity index (χ3n) is 4.30. The molecule has 0 aliphatic carbocycles. The summed E-state index contributed by atoms with van der Waals surface area (Å²) in [5, 5.41) is 6.91. The van der Waals surface area contributed by atoms with Gasteiger partial charge >= 0.3 is 0 Å². The van der Waals surface area contributed by atoms with Gasteiger partial charge in [-0.1, -0.05) is 25.4 Å². The fourth-order valence-corrected chi connectivity index (χ4v) is 3.36. The molecule has 0 bridgehead atoms. The van der Waals surface area contributed by atoms with Crippen LogP contribution in [0.5, 0.6) is 0 Å². The quantitative estimate of drug-likeness (QED) is 0.785. The summed E-state index contributed by atoms with van der Waals surface area (Å²) in [6.45, 7) is 3.95. The molecule has 0 saturated carbocycles. The van der Waals surface area contributed by atoms with E-state index in [2.05, 4.69) is 29.5 Å². The first-order chi connectivity index (χ1) is 11.2. The van der Waals surface area contributed by atoms with Gasteiger partial charge in [-0.3, -0.25) is 10.1 Å². The molecule has 1 saturated heterocycles. The maximum absolute atomic E-state index is 13.1. The first-order valence-electron chi connectivity index (χ1n) is 7.95. The van der Waals surface area contributed by atoms with Crippen molar-refractivity contribution in [2.45, 2.75) is 44.7 Å². The summed E-state index contributed by atoms with van der Waals surface area (Å²) in [6, 6.07) is 4.97. The second-order valence-electron chi connectivity index (χ2n) is 6.62. The Hall–Kier alpha value is -1.66. The Labute approximate surface area is 143 Å². The number of aromatic nitrogens is 1. The van der Waals surface area contributed by atoms with E-state index in [1.807, 2.05) is 18.2 Å². The predicted octanol–water partition coefficient (Wildman–Crippen LogP) is 3.56. The minimum Gasteiger partial charge on any atom is -0.357 e. The van der Waals surface area contributed by atoms with Crippen molar-refractivity contribution < 1.29 is 13.6 Å². The van der Waals surface area contributed by atoms with Gasteiger partial charge in [-0.25, -0.2) is 8.78 Å². The highest BCUT2D eigenvalue weighted by Crippen LogP contribution is 2.29. The van der Waals surface area contributed by atoms with Crippen molar-refractivity contribution in [2.24, 2.45) is 0 Å². The molecule has 130 valence electrons. The van der Waals surface area contributed by atoms with Crippen LogP contribution in [0.2, 0.25) is 5.02 Å². The van der Waals surface area contributed by atoms with Crippen molar-refractivity contribution in [3.8, 4) is 0 Å². The number of H-pyrrole nitrogens is 1. The fourth-order valence-electron chi connectivity index (χ4n) is 2.97. The van der Waals surface area contributed by atoms with Crippen LogP contribution in [-0.2, 0) is 11.3 Å². The molecule has 2 heterocycles. The predicted molar refractivity (Wildman–Crippen MR) is 90.6 cm³/mol. The zero-order valence-corrected chi connectivity index (χ0v) is 14.3. The van der Waals surface area contributed by atoms with E-state index in [4.69, 9.17) is 11.6 Å². The van der Waals surface area contributed by atoms with Crippen molar-refractivity contribution in [2.75, 3.05) is 6.54 Å². The molecule has 2 aromatic rings. The van der Waals surface area contributed by atoms with E-state index in [0.29, 0.717) is 10.9 Å². The van der Waals surface area contributed by atoms with E-state index in [-0.39, 0.29) is 6.54 Å². The van der Waals surface area contributed by atoms with Gasteiger partial charge in [-0.15, -0.1) is 0 Å². The first-order valence-corrected chi connectivity index (χ1v) is 8.33. The van der Waals surface area contributed by atoms with Crippen LogP contribution in [0.3, 0.4) is 0 Å². The van der Waals surface area contributed by atoms with Crippen LogP contribution in [0.15, 0.2) is 18.2 Å². The SMILES string of the molecule is CC(C)c1cc2[nH]c(CNC(=O)C3CC(F)(F)CN3)cc2cc1Cl. The largest absolute Gasteiger partial charge is 0.357 e. The van der Waals surface area contributed by atoms with Gasteiger partial charge in [0.1, 0.15) is 0 Å². The molecule has 1 aliphatic rings. The van der Waals surface area contributed by atoms with Crippen LogP contribution in [0.25, 0.3) is 10.9 Å². The molecule has 0 spiro atoms. The zero-order chi connectivity index (χ0) is 17.5. The summed E-state index contributed by atoms with van der Waals surface area (Å²) >= 11 is 6.28. The van der Waals surface area contributed by atoms with Gasteiger partial charge in [-0.05, 0) is 29.7 Å². The van der Waals surface area contributed by atoms with Gasteiger partial charge in [0.15, 0.2) is 0 Å². The highest BCUT2D eigenvalue weighted by molar-refractivity contribution is 6.32. The van der Waals surface area contributed by atoms with E-state index >= 15 is 0 Å². The molecule has 0 radical (unpaired) electrons. The summed E-state index contributed by atoms with van der Waals surface area (Å²) in [4.78, 5) is 15.2. The van der Waals surface area contributed by atoms with Gasteiger partial charge in [0.25, 0.3) is 5.92 Å². The molecule has 1 aromatic carbocycles. The van der Waals surface area contributed by atoms with E-state index < -0.39 is 30.8 Å². The van der Waals surface area contributed by atoms with Crippen LogP contribution in [0.4, 0.5) is 8.78 Å². The monoisotopic (exact) mass is 355 g/mol. The summed E-state index contributed by atoms with van der Waals surface area (Å²) in [7, 11) is 0. The molecule has 4 nitrogen and oxygen atoms in total. The summed E-state index contributed by atoms with van der Waals surface area (Å²) in [5.41, 5.74) is 2.80. The third-order valence-corrected chi connectivity index (χ3v) is 4.62. The highest BCUT2D eigenvalue weighted by Gasteiger charge is 2.42. The topological polar surface area (TPSA) is 56.9 Å². The molecule has 24 heavy (non-hydrogen) atoms. The van der Waals surface area contributed by atoms with E-state index in [1.165, 1.54) is 0 Å². The number of rotatable bonds is 4. The summed E-state index contributed by atoms with van der Waals surface area (Å²) < 4.78 is 26.3. The lowest BCUT2D eigenvalue weighted by atomic mass is 10.0. The molecular weight excluding hydrogens is 336 g/mol.